The highest BCUT2D eigenvalue weighted by atomic mass is 28.4. The monoisotopic (exact) mass is 374 g/mol. The lowest BCUT2D eigenvalue weighted by molar-refractivity contribution is 0.0323. The second-order valence-corrected chi connectivity index (χ2v) is 9.62. The first kappa shape index (κ1) is 22.2. The van der Waals surface area contributed by atoms with Gasteiger partial charge in [0.2, 0.25) is 0 Å². The lowest BCUT2D eigenvalue weighted by Gasteiger charge is -2.31. The fourth-order valence-electron chi connectivity index (χ4n) is 2.80. The van der Waals surface area contributed by atoms with Gasteiger partial charge in [0.1, 0.15) is 11.6 Å². The van der Waals surface area contributed by atoms with Gasteiger partial charge in [0.15, 0.2) is 0 Å². The van der Waals surface area contributed by atoms with Crippen LogP contribution < -0.4 is 0 Å². The molecule has 0 saturated carbocycles. The Morgan fingerprint density at radius 1 is 0.920 bits per heavy atom. The van der Waals surface area contributed by atoms with Gasteiger partial charge in [0.25, 0.3) is 0 Å². The molecular formula is C19H32F2O3Si. The molecule has 0 spiro atoms. The summed E-state index contributed by atoms with van der Waals surface area (Å²) >= 11 is 0. The van der Waals surface area contributed by atoms with Crippen molar-refractivity contribution in [3.05, 3.63) is 35.4 Å². The van der Waals surface area contributed by atoms with E-state index in [0.717, 1.165) is 37.8 Å². The Hall–Kier alpha value is -0.823. The van der Waals surface area contributed by atoms with Gasteiger partial charge in [-0.2, -0.15) is 0 Å². The van der Waals surface area contributed by atoms with Crippen LogP contribution in [0.3, 0.4) is 0 Å². The van der Waals surface area contributed by atoms with Crippen LogP contribution in [0.15, 0.2) is 18.2 Å². The fraction of sp³-hybridized carbons (Fsp3) is 0.684. The summed E-state index contributed by atoms with van der Waals surface area (Å²) in [6.07, 6.45) is 4.56. The van der Waals surface area contributed by atoms with E-state index in [2.05, 4.69) is 0 Å². The minimum absolute atomic E-state index is 0.0619. The van der Waals surface area contributed by atoms with Crippen molar-refractivity contribution in [3.63, 3.8) is 0 Å². The molecule has 0 aliphatic heterocycles. The third kappa shape index (κ3) is 8.40. The van der Waals surface area contributed by atoms with Crippen molar-refractivity contribution < 1.29 is 22.1 Å². The van der Waals surface area contributed by atoms with E-state index in [1.54, 1.807) is 7.11 Å². The summed E-state index contributed by atoms with van der Waals surface area (Å²) in [7, 11) is -0.976. The summed E-state index contributed by atoms with van der Waals surface area (Å²) < 4.78 is 44.2. The van der Waals surface area contributed by atoms with Crippen molar-refractivity contribution >= 4 is 8.80 Å². The number of hydrogen-bond acceptors (Lipinski definition) is 3. The van der Waals surface area contributed by atoms with Crippen molar-refractivity contribution in [3.8, 4) is 0 Å². The molecule has 3 nitrogen and oxygen atoms in total. The number of halogens is 2. The van der Waals surface area contributed by atoms with Crippen LogP contribution in [0.2, 0.25) is 6.04 Å². The van der Waals surface area contributed by atoms with Crippen molar-refractivity contribution in [1.29, 1.82) is 0 Å². The average molecular weight is 375 g/mol. The normalized spacial score (nSPS) is 12.4. The molecule has 0 heterocycles. The molecule has 0 bridgehead atoms. The summed E-state index contributed by atoms with van der Waals surface area (Å²) in [5.41, 5.74) is 0.577. The second-order valence-electron chi connectivity index (χ2n) is 6.87. The maximum absolute atomic E-state index is 13.6. The van der Waals surface area contributed by atoms with Crippen LogP contribution in [0.4, 0.5) is 8.78 Å². The van der Waals surface area contributed by atoms with Gasteiger partial charge in [-0.3, -0.25) is 0 Å². The van der Waals surface area contributed by atoms with E-state index in [-0.39, 0.29) is 12.2 Å². The molecule has 0 atom stereocenters. The van der Waals surface area contributed by atoms with Crippen LogP contribution >= 0.6 is 0 Å². The van der Waals surface area contributed by atoms with Gasteiger partial charge in [0.05, 0.1) is 0 Å². The van der Waals surface area contributed by atoms with E-state index in [9.17, 15) is 8.78 Å². The Morgan fingerprint density at radius 3 is 2.04 bits per heavy atom. The van der Waals surface area contributed by atoms with Crippen molar-refractivity contribution in [1.82, 2.24) is 0 Å². The van der Waals surface area contributed by atoms with Crippen molar-refractivity contribution in [2.75, 3.05) is 7.11 Å². The number of hydrogen-bond donors (Lipinski definition) is 0. The predicted molar refractivity (Wildman–Crippen MR) is 98.5 cm³/mol. The molecule has 0 N–H and O–H groups in total. The topological polar surface area (TPSA) is 27.7 Å². The van der Waals surface area contributed by atoms with Crippen LogP contribution in [-0.4, -0.2) is 28.1 Å². The van der Waals surface area contributed by atoms with Crippen LogP contribution in [0.1, 0.15) is 58.9 Å². The molecule has 1 rings (SSSR count). The Balaban J connectivity index is 2.38. The largest absolute Gasteiger partial charge is 0.501 e. The van der Waals surface area contributed by atoms with E-state index in [4.69, 9.17) is 13.3 Å². The van der Waals surface area contributed by atoms with Gasteiger partial charge in [-0.1, -0.05) is 18.9 Å². The van der Waals surface area contributed by atoms with E-state index in [0.29, 0.717) is 12.0 Å². The molecule has 1 aromatic rings. The molecule has 25 heavy (non-hydrogen) atoms. The van der Waals surface area contributed by atoms with Crippen LogP contribution in [0.5, 0.6) is 0 Å². The highest BCUT2D eigenvalue weighted by Gasteiger charge is 2.41. The molecule has 6 heteroatoms. The van der Waals surface area contributed by atoms with Crippen LogP contribution in [-0.2, 0) is 19.7 Å². The Bertz CT molecular complexity index is 499. The van der Waals surface area contributed by atoms with E-state index >= 15 is 0 Å². The van der Waals surface area contributed by atoms with Crippen LogP contribution in [0.25, 0.3) is 0 Å². The maximum Gasteiger partial charge on any atom is 0.501 e. The molecule has 0 unspecified atom stereocenters. The zero-order valence-corrected chi connectivity index (χ0v) is 17.1. The maximum atomic E-state index is 13.6. The van der Waals surface area contributed by atoms with Gasteiger partial charge in [-0.25, -0.2) is 8.78 Å². The third-order valence-electron chi connectivity index (χ3n) is 3.84. The lowest BCUT2D eigenvalue weighted by Crippen LogP contribution is -2.48. The number of unbranched alkanes of at least 4 members (excludes halogenated alkanes) is 3. The molecule has 0 aromatic heterocycles. The molecule has 1 aromatic carbocycles. The quantitative estimate of drug-likeness (QED) is 0.357. The summed E-state index contributed by atoms with van der Waals surface area (Å²) in [5.74, 6) is -0.987. The van der Waals surface area contributed by atoms with E-state index < -0.39 is 20.4 Å². The predicted octanol–water partition coefficient (Wildman–Crippen LogP) is 5.50. The molecule has 0 fully saturated rings. The first-order chi connectivity index (χ1) is 11.8. The molecular weight excluding hydrogens is 342 g/mol. The standard InChI is InChI=1S/C19H32F2O3Si/c1-15(2)23-25(22-5,24-16(3)4)13-9-7-6-8-10-17-11-12-18(20)14-19(17)21/h11-12,14-16H,6-10,13H2,1-5H3. The zero-order valence-electron chi connectivity index (χ0n) is 16.1. The smallest absolute Gasteiger partial charge is 0.377 e. The van der Waals surface area contributed by atoms with E-state index in [1.807, 2.05) is 27.7 Å². The SMILES string of the molecule is CO[Si](CCCCCCc1ccc(F)cc1F)(OC(C)C)OC(C)C. The molecule has 144 valence electrons. The van der Waals surface area contributed by atoms with Gasteiger partial charge < -0.3 is 13.3 Å². The Kier molecular flexibility index (Phi) is 9.78. The Morgan fingerprint density at radius 2 is 1.52 bits per heavy atom. The minimum Gasteiger partial charge on any atom is -0.377 e. The molecule has 0 saturated heterocycles. The third-order valence-corrected chi connectivity index (χ3v) is 7.08. The summed E-state index contributed by atoms with van der Waals surface area (Å²) in [4.78, 5) is 0. The first-order valence-corrected chi connectivity index (χ1v) is 11.1. The zero-order chi connectivity index (χ0) is 18.9. The second kappa shape index (κ2) is 11.0. The van der Waals surface area contributed by atoms with Crippen molar-refractivity contribution in [2.24, 2.45) is 0 Å². The fourth-order valence-corrected chi connectivity index (χ4v) is 5.60. The lowest BCUT2D eigenvalue weighted by atomic mass is 10.1. The van der Waals surface area contributed by atoms with Gasteiger partial charge in [-0.15, -0.1) is 0 Å². The summed E-state index contributed by atoms with van der Waals surface area (Å²) in [5, 5.41) is 0. The number of aryl methyl sites for hydroxylation is 1. The van der Waals surface area contributed by atoms with Gasteiger partial charge >= 0.3 is 8.80 Å². The number of rotatable bonds is 12. The molecule has 0 aliphatic rings. The summed E-state index contributed by atoms with van der Waals surface area (Å²) in [6, 6.07) is 4.56. The first-order valence-electron chi connectivity index (χ1n) is 9.12. The Labute approximate surface area is 152 Å². The molecule has 0 amide bonds. The summed E-state index contributed by atoms with van der Waals surface area (Å²) in [6.45, 7) is 7.95. The van der Waals surface area contributed by atoms with Gasteiger partial charge in [0, 0.05) is 31.4 Å². The average Bonchev–Trinajstić information content (AvgIpc) is 2.51. The van der Waals surface area contributed by atoms with Crippen LogP contribution in [0, 0.1) is 11.6 Å². The van der Waals surface area contributed by atoms with E-state index in [1.165, 1.54) is 12.1 Å². The minimum atomic E-state index is -2.64. The molecule has 0 radical (unpaired) electrons. The number of benzene rings is 1. The van der Waals surface area contributed by atoms with Gasteiger partial charge in [-0.05, 0) is 58.6 Å². The highest BCUT2D eigenvalue weighted by Crippen LogP contribution is 2.23. The molecule has 0 aliphatic carbocycles. The van der Waals surface area contributed by atoms with Crippen molar-refractivity contribution in [2.45, 2.75) is 78.1 Å². The highest BCUT2D eigenvalue weighted by molar-refractivity contribution is 6.60.